The highest BCUT2D eigenvalue weighted by Crippen LogP contribution is 2.28. The lowest BCUT2D eigenvalue weighted by molar-refractivity contribution is -0.127. The van der Waals surface area contributed by atoms with E-state index in [-0.39, 0.29) is 18.7 Å². The molecule has 36 heavy (non-hydrogen) atoms. The molecule has 2 amide bonds. The summed E-state index contributed by atoms with van der Waals surface area (Å²) in [5.41, 5.74) is 0.950. The molecule has 1 aromatic carbocycles. The number of ether oxygens (including phenoxy) is 2. The monoisotopic (exact) mass is 514 g/mol. The van der Waals surface area contributed by atoms with E-state index < -0.39 is 24.0 Å². The smallest absolute Gasteiger partial charge is 0.255 e. The Bertz CT molecular complexity index is 1240. The van der Waals surface area contributed by atoms with Gasteiger partial charge in [0, 0.05) is 36.7 Å². The van der Waals surface area contributed by atoms with E-state index in [1.807, 2.05) is 0 Å². The van der Waals surface area contributed by atoms with Gasteiger partial charge < -0.3 is 25.4 Å². The molecular weight excluding hydrogens is 491 g/mol. The van der Waals surface area contributed by atoms with Crippen LogP contribution in [0.4, 0.5) is 15.8 Å². The number of pyridine rings is 1. The number of amides is 2. The Morgan fingerprint density at radius 3 is 2.69 bits per heavy atom. The van der Waals surface area contributed by atoms with Crippen LogP contribution in [0.1, 0.15) is 28.0 Å². The van der Waals surface area contributed by atoms with Crippen molar-refractivity contribution in [3.8, 4) is 5.75 Å². The molecule has 4 rings (SSSR count). The first-order valence-electron chi connectivity index (χ1n) is 11.0. The lowest BCUT2D eigenvalue weighted by Crippen LogP contribution is -2.59. The van der Waals surface area contributed by atoms with E-state index in [4.69, 9.17) is 21.1 Å². The maximum atomic E-state index is 13.4. The summed E-state index contributed by atoms with van der Waals surface area (Å²) >= 11 is 6.40. The molecule has 3 heterocycles. The van der Waals surface area contributed by atoms with Gasteiger partial charge in [0.2, 0.25) is 5.91 Å². The van der Waals surface area contributed by atoms with Gasteiger partial charge in [-0.15, -0.1) is 0 Å². The highest BCUT2D eigenvalue weighted by molar-refractivity contribution is 6.31. The summed E-state index contributed by atoms with van der Waals surface area (Å²) in [6, 6.07) is 6.66. The lowest BCUT2D eigenvalue weighted by atomic mass is 9.96. The number of halogens is 2. The largest absolute Gasteiger partial charge is 0.497 e. The van der Waals surface area contributed by atoms with Crippen LogP contribution in [0.15, 0.2) is 49.2 Å². The van der Waals surface area contributed by atoms with Crippen LogP contribution in [0, 0.1) is 0 Å². The molecule has 0 saturated carbocycles. The number of benzene rings is 1. The van der Waals surface area contributed by atoms with Crippen molar-refractivity contribution >= 4 is 34.8 Å². The summed E-state index contributed by atoms with van der Waals surface area (Å²) in [6.45, 7) is -0.294. The third-order valence-corrected chi connectivity index (χ3v) is 6.03. The fourth-order valence-electron chi connectivity index (χ4n) is 3.69. The number of nitrogens with one attached hydrogen (secondary N) is 3. The fourth-order valence-corrected chi connectivity index (χ4v) is 3.92. The van der Waals surface area contributed by atoms with Crippen LogP contribution in [0.5, 0.6) is 5.75 Å². The molecule has 0 radical (unpaired) electrons. The molecule has 0 aliphatic carbocycles. The van der Waals surface area contributed by atoms with Gasteiger partial charge in [-0.25, -0.2) is 14.4 Å². The number of hydrogen-bond acceptors (Lipinski definition) is 8. The van der Waals surface area contributed by atoms with E-state index in [2.05, 4.69) is 30.9 Å². The molecule has 1 aliphatic rings. The summed E-state index contributed by atoms with van der Waals surface area (Å²) in [7, 11) is 1.51. The number of nitrogens with zero attached hydrogens (tertiary/aromatic N) is 3. The zero-order chi connectivity index (χ0) is 25.5. The third-order valence-electron chi connectivity index (χ3n) is 5.70. The van der Waals surface area contributed by atoms with Gasteiger partial charge >= 0.3 is 0 Å². The maximum Gasteiger partial charge on any atom is 0.255 e. The Hall–Kier alpha value is -3.83. The molecule has 3 aromatic rings. The first kappa shape index (κ1) is 25.3. The first-order chi connectivity index (χ1) is 17.4. The summed E-state index contributed by atoms with van der Waals surface area (Å²) < 4.78 is 24.0. The number of methoxy groups -OCH3 is 1. The minimum atomic E-state index is -1.24. The van der Waals surface area contributed by atoms with Gasteiger partial charge in [0.25, 0.3) is 5.91 Å². The van der Waals surface area contributed by atoms with Gasteiger partial charge in [0.15, 0.2) is 0 Å². The van der Waals surface area contributed by atoms with E-state index in [0.29, 0.717) is 46.4 Å². The zero-order valence-electron chi connectivity index (χ0n) is 19.4. The maximum absolute atomic E-state index is 13.4. The molecule has 3 N–H and O–H groups in total. The minimum Gasteiger partial charge on any atom is -0.497 e. The van der Waals surface area contributed by atoms with Crippen LogP contribution >= 0.6 is 11.6 Å². The number of hydrogen-bond donors (Lipinski definition) is 3. The van der Waals surface area contributed by atoms with Crippen molar-refractivity contribution < 1.29 is 23.5 Å². The number of carbonyl (C=O) groups excluding carboxylic acids is 2. The SMILES string of the molecule is COc1ccc(Nc2cnc(CNC(=O)[C@]3(NC(=O)c4cncnc4)CCOC3)c(Cl)c2)c(CF)c1. The topological polar surface area (TPSA) is 127 Å². The molecule has 0 unspecified atom stereocenters. The van der Waals surface area contributed by atoms with Crippen LogP contribution in [0.3, 0.4) is 0 Å². The van der Waals surface area contributed by atoms with Crippen LogP contribution in [-0.4, -0.2) is 52.6 Å². The predicted octanol–water partition coefficient (Wildman–Crippen LogP) is 2.95. The molecule has 1 atom stereocenters. The van der Waals surface area contributed by atoms with Crippen LogP contribution in [0.25, 0.3) is 0 Å². The molecule has 1 saturated heterocycles. The van der Waals surface area contributed by atoms with Crippen LogP contribution in [0.2, 0.25) is 5.02 Å². The molecule has 10 nitrogen and oxygen atoms in total. The fraction of sp³-hybridized carbons (Fsp3) is 0.292. The molecular formula is C24H24ClFN6O4. The predicted molar refractivity (Wildman–Crippen MR) is 130 cm³/mol. The number of alkyl halides is 1. The lowest BCUT2D eigenvalue weighted by Gasteiger charge is -2.27. The first-order valence-corrected chi connectivity index (χ1v) is 11.4. The van der Waals surface area contributed by atoms with E-state index in [0.717, 1.165) is 0 Å². The van der Waals surface area contributed by atoms with Crippen molar-refractivity contribution in [2.24, 2.45) is 0 Å². The van der Waals surface area contributed by atoms with Crippen LogP contribution in [-0.2, 0) is 22.8 Å². The second kappa shape index (κ2) is 11.3. The summed E-state index contributed by atoms with van der Waals surface area (Å²) in [4.78, 5) is 37.7. The average molecular weight is 515 g/mol. The van der Waals surface area contributed by atoms with E-state index in [1.165, 1.54) is 32.0 Å². The second-order valence-electron chi connectivity index (χ2n) is 8.08. The van der Waals surface area contributed by atoms with Gasteiger partial charge in [-0.3, -0.25) is 14.6 Å². The Kier molecular flexibility index (Phi) is 7.91. The van der Waals surface area contributed by atoms with Gasteiger partial charge in [0.05, 0.1) is 48.4 Å². The molecule has 188 valence electrons. The van der Waals surface area contributed by atoms with Crippen molar-refractivity contribution in [1.82, 2.24) is 25.6 Å². The van der Waals surface area contributed by atoms with Gasteiger partial charge in [-0.2, -0.15) is 0 Å². The Morgan fingerprint density at radius 2 is 2.03 bits per heavy atom. The Balaban J connectivity index is 1.41. The minimum absolute atomic E-state index is 0.0288. The van der Waals surface area contributed by atoms with Gasteiger partial charge in [-0.1, -0.05) is 11.6 Å². The molecule has 1 fully saturated rings. The van der Waals surface area contributed by atoms with Crippen LogP contribution < -0.4 is 20.7 Å². The van der Waals surface area contributed by atoms with Gasteiger partial charge in [0.1, 0.15) is 24.3 Å². The zero-order valence-corrected chi connectivity index (χ0v) is 20.1. The highest BCUT2D eigenvalue weighted by atomic mass is 35.5. The number of carbonyl (C=O) groups is 2. The second-order valence-corrected chi connectivity index (χ2v) is 8.49. The summed E-state index contributed by atoms with van der Waals surface area (Å²) in [5.74, 6) is -0.348. The van der Waals surface area contributed by atoms with Crippen molar-refractivity contribution in [3.05, 3.63) is 71.0 Å². The quantitative estimate of drug-likeness (QED) is 0.398. The van der Waals surface area contributed by atoms with Crippen molar-refractivity contribution in [2.75, 3.05) is 25.6 Å². The molecule has 0 spiro atoms. The summed E-state index contributed by atoms with van der Waals surface area (Å²) in [5, 5.41) is 8.93. The normalized spacial score (nSPS) is 16.9. The van der Waals surface area contributed by atoms with E-state index in [9.17, 15) is 14.0 Å². The number of anilines is 2. The standard InChI is InChI=1S/C24H24ClFN6O4/c1-35-18-2-3-20(15(6-18)8-26)31-17-7-19(25)21(29-11-17)12-30-23(34)24(4-5-36-13-24)32-22(33)16-9-27-14-28-10-16/h2-3,6-7,9-11,14,31H,4-5,8,12-13H2,1H3,(H,30,34)(H,32,33)/t24-/m0/s1. The Morgan fingerprint density at radius 1 is 1.22 bits per heavy atom. The Labute approximate surface area is 211 Å². The highest BCUT2D eigenvalue weighted by Gasteiger charge is 2.43. The third kappa shape index (κ3) is 5.69. The van der Waals surface area contributed by atoms with E-state index >= 15 is 0 Å². The van der Waals surface area contributed by atoms with Crippen molar-refractivity contribution in [3.63, 3.8) is 0 Å². The summed E-state index contributed by atoms with van der Waals surface area (Å²) in [6.07, 6.45) is 5.88. The van der Waals surface area contributed by atoms with E-state index in [1.54, 1.807) is 24.3 Å². The molecule has 0 bridgehead atoms. The average Bonchev–Trinajstić information content (AvgIpc) is 3.38. The van der Waals surface area contributed by atoms with Gasteiger partial charge in [-0.05, 0) is 24.3 Å². The number of rotatable bonds is 9. The number of aromatic nitrogens is 3. The molecule has 12 heteroatoms. The molecule has 2 aromatic heterocycles. The van der Waals surface area contributed by atoms with Crippen molar-refractivity contribution in [2.45, 2.75) is 25.2 Å². The molecule has 1 aliphatic heterocycles. The van der Waals surface area contributed by atoms with Crippen molar-refractivity contribution in [1.29, 1.82) is 0 Å².